The molecule has 3 aliphatic rings. The van der Waals surface area contributed by atoms with Gasteiger partial charge < -0.3 is 26.6 Å². The molecular formula is C29H41N5O5. The number of primary amides is 1. The standard InChI is InChI=1S/C29H41N5O5/c1-6-9-20(24(35)25(30)36)32-26(37)23-21-19(29(21,4)5)14-34(23)27(38)22(33-28(39)31-15(2)3)18-12-16-10-7-8-11-17(16)13-18/h7-8,10-11,15,18-23H,6,9,12-14H2,1-5H3,(H2,30,36)(H,32,37)(H2,31,33,39)/t19-,20?,21-,22-,23-/m0/s1. The Labute approximate surface area is 229 Å². The third kappa shape index (κ3) is 5.65. The molecule has 1 aromatic carbocycles. The van der Waals surface area contributed by atoms with Crippen LogP contribution in [0.2, 0.25) is 0 Å². The van der Waals surface area contributed by atoms with Gasteiger partial charge in [0.1, 0.15) is 12.1 Å². The summed E-state index contributed by atoms with van der Waals surface area (Å²) in [5.74, 6) is -2.83. The molecule has 5 atom stereocenters. The lowest BCUT2D eigenvalue weighted by atomic mass is 9.93. The van der Waals surface area contributed by atoms with E-state index in [0.717, 1.165) is 11.1 Å². The van der Waals surface area contributed by atoms with Crippen LogP contribution in [0.1, 0.15) is 58.6 Å². The van der Waals surface area contributed by atoms with Gasteiger partial charge in [-0.1, -0.05) is 51.5 Å². The number of hydrogen-bond donors (Lipinski definition) is 4. The molecule has 5 amide bonds. The molecule has 1 heterocycles. The lowest BCUT2D eigenvalue weighted by molar-refractivity contribution is -0.144. The van der Waals surface area contributed by atoms with Crippen molar-refractivity contribution in [2.75, 3.05) is 6.54 Å². The van der Waals surface area contributed by atoms with Crippen LogP contribution >= 0.6 is 0 Å². The zero-order valence-electron chi connectivity index (χ0n) is 23.5. The summed E-state index contributed by atoms with van der Waals surface area (Å²) >= 11 is 0. The van der Waals surface area contributed by atoms with Crippen LogP contribution in [0, 0.1) is 23.2 Å². The maximum atomic E-state index is 14.2. The average molecular weight is 540 g/mol. The number of piperidine rings is 1. The van der Waals surface area contributed by atoms with Crippen LogP contribution in [-0.2, 0) is 32.0 Å². The predicted octanol–water partition coefficient (Wildman–Crippen LogP) is 1.30. The molecule has 0 spiro atoms. The zero-order chi connectivity index (χ0) is 28.6. The highest BCUT2D eigenvalue weighted by molar-refractivity contribution is 6.37. The third-order valence-electron chi connectivity index (χ3n) is 8.74. The molecule has 2 fully saturated rings. The van der Waals surface area contributed by atoms with Crippen LogP contribution in [0.4, 0.5) is 4.79 Å². The first-order chi connectivity index (χ1) is 18.4. The lowest BCUT2D eigenvalue weighted by Gasteiger charge is -2.35. The molecule has 0 radical (unpaired) electrons. The maximum Gasteiger partial charge on any atom is 0.315 e. The summed E-state index contributed by atoms with van der Waals surface area (Å²) in [6.45, 7) is 10.1. The topological polar surface area (TPSA) is 151 Å². The monoisotopic (exact) mass is 539 g/mol. The van der Waals surface area contributed by atoms with Crippen LogP contribution in [0.3, 0.4) is 0 Å². The number of ketones is 1. The number of benzene rings is 1. The fourth-order valence-electron chi connectivity index (χ4n) is 6.63. The van der Waals surface area contributed by atoms with Crippen molar-refractivity contribution in [3.63, 3.8) is 0 Å². The van der Waals surface area contributed by atoms with Crippen molar-refractivity contribution in [3.8, 4) is 0 Å². The number of Topliss-reactive ketones (excluding diaryl/α,β-unsaturated/α-hetero) is 1. The number of nitrogens with one attached hydrogen (secondary N) is 3. The molecule has 0 aromatic heterocycles. The minimum absolute atomic E-state index is 0.0849. The van der Waals surface area contributed by atoms with E-state index in [1.165, 1.54) is 0 Å². The Morgan fingerprint density at radius 1 is 1.03 bits per heavy atom. The Kier molecular flexibility index (Phi) is 8.04. The second-order valence-corrected chi connectivity index (χ2v) is 12.2. The van der Waals surface area contributed by atoms with Gasteiger partial charge in [0, 0.05) is 12.6 Å². The highest BCUT2D eigenvalue weighted by Gasteiger charge is 2.69. The van der Waals surface area contributed by atoms with Crippen molar-refractivity contribution in [1.82, 2.24) is 20.9 Å². The molecule has 1 aliphatic heterocycles. The summed E-state index contributed by atoms with van der Waals surface area (Å²) in [6, 6.07) is 4.80. The SMILES string of the molecule is CCCC(NC(=O)[C@@H]1[C@@H]2[C@H](CN1C(=O)[C@@H](NC(=O)NC(C)C)C1Cc3ccccc3C1)C2(C)C)C(=O)C(N)=O. The van der Waals surface area contributed by atoms with E-state index < -0.39 is 41.8 Å². The second kappa shape index (κ2) is 11.0. The van der Waals surface area contributed by atoms with Gasteiger partial charge in [-0.2, -0.15) is 0 Å². The van der Waals surface area contributed by atoms with Crippen LogP contribution < -0.4 is 21.7 Å². The van der Waals surface area contributed by atoms with Crippen LogP contribution in [0.25, 0.3) is 0 Å². The number of hydrogen-bond acceptors (Lipinski definition) is 5. The number of rotatable bonds is 10. The molecule has 39 heavy (non-hydrogen) atoms. The minimum Gasteiger partial charge on any atom is -0.363 e. The number of carbonyl (C=O) groups excluding carboxylic acids is 5. The molecule has 1 unspecified atom stereocenters. The Hall–Kier alpha value is -3.43. The van der Waals surface area contributed by atoms with Crippen molar-refractivity contribution in [2.45, 2.75) is 84.5 Å². The van der Waals surface area contributed by atoms with Gasteiger partial charge in [0.15, 0.2) is 0 Å². The number of urea groups is 1. The zero-order valence-corrected chi connectivity index (χ0v) is 23.5. The largest absolute Gasteiger partial charge is 0.363 e. The van der Waals surface area contributed by atoms with Crippen molar-refractivity contribution in [3.05, 3.63) is 35.4 Å². The normalized spacial score (nSPS) is 24.4. The number of nitrogens with two attached hydrogens (primary N) is 1. The molecule has 212 valence electrons. The molecule has 10 nitrogen and oxygen atoms in total. The molecular weight excluding hydrogens is 498 g/mol. The summed E-state index contributed by atoms with van der Waals surface area (Å²) in [6.07, 6.45) is 2.12. The third-order valence-corrected chi connectivity index (χ3v) is 8.74. The fourth-order valence-corrected chi connectivity index (χ4v) is 6.63. The second-order valence-electron chi connectivity index (χ2n) is 12.2. The quantitative estimate of drug-likeness (QED) is 0.331. The number of fused-ring (bicyclic) bond motifs is 2. The molecule has 4 rings (SSSR count). The molecule has 1 aromatic rings. The van der Waals surface area contributed by atoms with Crippen LogP contribution in [-0.4, -0.2) is 65.1 Å². The number of carbonyl (C=O) groups is 5. The summed E-state index contributed by atoms with van der Waals surface area (Å²) in [7, 11) is 0. The van der Waals surface area contributed by atoms with Crippen LogP contribution in [0.15, 0.2) is 24.3 Å². The molecule has 5 N–H and O–H groups in total. The van der Waals surface area contributed by atoms with E-state index in [1.807, 2.05) is 45.0 Å². The van der Waals surface area contributed by atoms with E-state index >= 15 is 0 Å². The molecule has 1 saturated carbocycles. The molecule has 10 heteroatoms. The summed E-state index contributed by atoms with van der Waals surface area (Å²) in [5.41, 5.74) is 7.38. The fraction of sp³-hybridized carbons (Fsp3) is 0.621. The lowest BCUT2D eigenvalue weighted by Crippen LogP contribution is -2.60. The van der Waals surface area contributed by atoms with Gasteiger partial charge in [0.25, 0.3) is 5.91 Å². The number of likely N-dealkylation sites (tertiary alicyclic amines) is 1. The van der Waals surface area contributed by atoms with Gasteiger partial charge in [-0.05, 0) is 67.4 Å². The Morgan fingerprint density at radius 2 is 1.64 bits per heavy atom. The first-order valence-corrected chi connectivity index (χ1v) is 13.9. The molecule has 1 saturated heterocycles. The summed E-state index contributed by atoms with van der Waals surface area (Å²) in [4.78, 5) is 66.3. The van der Waals surface area contributed by atoms with Crippen molar-refractivity contribution in [2.24, 2.45) is 28.9 Å². The number of nitrogens with zero attached hydrogens (tertiary/aromatic N) is 1. The highest BCUT2D eigenvalue weighted by atomic mass is 16.2. The predicted molar refractivity (Wildman–Crippen MR) is 145 cm³/mol. The molecule has 2 aliphatic carbocycles. The highest BCUT2D eigenvalue weighted by Crippen LogP contribution is 2.65. The van der Waals surface area contributed by atoms with E-state index in [4.69, 9.17) is 5.73 Å². The average Bonchev–Trinajstić information content (AvgIpc) is 3.24. The first kappa shape index (κ1) is 28.6. The Balaban J connectivity index is 1.60. The van der Waals surface area contributed by atoms with Gasteiger partial charge in [-0.25, -0.2) is 4.79 Å². The Morgan fingerprint density at radius 3 is 2.18 bits per heavy atom. The van der Waals surface area contributed by atoms with Crippen LogP contribution in [0.5, 0.6) is 0 Å². The van der Waals surface area contributed by atoms with Crippen molar-refractivity contribution < 1.29 is 24.0 Å². The summed E-state index contributed by atoms with van der Waals surface area (Å²) in [5, 5.41) is 8.45. The minimum atomic E-state index is -1.10. The first-order valence-electron chi connectivity index (χ1n) is 13.9. The van der Waals surface area contributed by atoms with E-state index in [9.17, 15) is 24.0 Å². The van der Waals surface area contributed by atoms with E-state index in [1.54, 1.807) is 4.90 Å². The van der Waals surface area contributed by atoms with E-state index in [-0.39, 0.29) is 41.5 Å². The van der Waals surface area contributed by atoms with Crippen molar-refractivity contribution >= 4 is 29.5 Å². The number of amides is 5. The maximum absolute atomic E-state index is 14.2. The summed E-state index contributed by atoms with van der Waals surface area (Å²) < 4.78 is 0. The van der Waals surface area contributed by atoms with Gasteiger partial charge in [-0.15, -0.1) is 0 Å². The molecule has 0 bridgehead atoms. The van der Waals surface area contributed by atoms with Gasteiger partial charge in [0.2, 0.25) is 17.6 Å². The van der Waals surface area contributed by atoms with Crippen molar-refractivity contribution in [1.29, 1.82) is 0 Å². The van der Waals surface area contributed by atoms with Gasteiger partial charge in [-0.3, -0.25) is 19.2 Å². The van der Waals surface area contributed by atoms with Gasteiger partial charge in [0.05, 0.1) is 6.04 Å². The van der Waals surface area contributed by atoms with E-state index in [2.05, 4.69) is 29.8 Å². The Bertz CT molecular complexity index is 1140. The smallest absolute Gasteiger partial charge is 0.315 e. The van der Waals surface area contributed by atoms with Gasteiger partial charge >= 0.3 is 6.03 Å². The van der Waals surface area contributed by atoms with E-state index in [0.29, 0.717) is 25.8 Å².